The van der Waals surface area contributed by atoms with E-state index in [2.05, 4.69) is 15.5 Å². The third-order valence-corrected chi connectivity index (χ3v) is 5.35. The molecule has 25 heavy (non-hydrogen) atoms. The maximum Gasteiger partial charge on any atom is 0.290 e. The number of amides is 1. The summed E-state index contributed by atoms with van der Waals surface area (Å²) in [5.74, 6) is 0.157. The Bertz CT molecular complexity index is 716. The van der Waals surface area contributed by atoms with E-state index in [1.54, 1.807) is 5.51 Å². The summed E-state index contributed by atoms with van der Waals surface area (Å²) in [7, 11) is 0. The van der Waals surface area contributed by atoms with Crippen LogP contribution in [0.25, 0.3) is 0 Å². The molecular formula is C17H21N3O4S. The van der Waals surface area contributed by atoms with Crippen LogP contribution in [0.5, 0.6) is 0 Å². The summed E-state index contributed by atoms with van der Waals surface area (Å²) in [6.45, 7) is 1.49. The van der Waals surface area contributed by atoms with Gasteiger partial charge < -0.3 is 19.3 Å². The van der Waals surface area contributed by atoms with Crippen molar-refractivity contribution in [2.24, 2.45) is 0 Å². The Labute approximate surface area is 149 Å². The SMILES string of the molecule is O=C(N[C@@H]1CCOC[C@H]1OCc1cscn1)c1onc2c1CCCC2. The molecule has 134 valence electrons. The van der Waals surface area contributed by atoms with Crippen molar-refractivity contribution in [3.63, 3.8) is 0 Å². The Balaban J connectivity index is 1.40. The Hall–Kier alpha value is -1.77. The van der Waals surface area contributed by atoms with Gasteiger partial charge in [-0.25, -0.2) is 4.98 Å². The highest BCUT2D eigenvalue weighted by atomic mass is 32.1. The average Bonchev–Trinajstić information content (AvgIpc) is 3.30. The van der Waals surface area contributed by atoms with E-state index in [4.69, 9.17) is 14.0 Å². The van der Waals surface area contributed by atoms with Gasteiger partial charge in [-0.2, -0.15) is 0 Å². The van der Waals surface area contributed by atoms with Crippen molar-refractivity contribution in [2.75, 3.05) is 13.2 Å². The van der Waals surface area contributed by atoms with Gasteiger partial charge >= 0.3 is 0 Å². The van der Waals surface area contributed by atoms with Crippen molar-refractivity contribution in [3.8, 4) is 0 Å². The molecule has 2 aromatic rings. The Morgan fingerprint density at radius 2 is 2.32 bits per heavy atom. The number of nitrogens with zero attached hydrogens (tertiary/aromatic N) is 2. The molecule has 2 aromatic heterocycles. The first-order valence-corrected chi connectivity index (χ1v) is 9.60. The number of fused-ring (bicyclic) bond motifs is 1. The molecule has 0 saturated carbocycles. The lowest BCUT2D eigenvalue weighted by atomic mass is 9.95. The summed E-state index contributed by atoms with van der Waals surface area (Å²) in [5.41, 5.74) is 4.57. The number of carbonyl (C=O) groups is 1. The molecular weight excluding hydrogens is 342 g/mol. The van der Waals surface area contributed by atoms with Gasteiger partial charge in [0.05, 0.1) is 36.2 Å². The second-order valence-electron chi connectivity index (χ2n) is 6.42. The van der Waals surface area contributed by atoms with Crippen molar-refractivity contribution in [2.45, 2.75) is 50.9 Å². The normalized spacial score (nSPS) is 23.2. The molecule has 1 amide bonds. The van der Waals surface area contributed by atoms with Gasteiger partial charge in [0, 0.05) is 17.6 Å². The lowest BCUT2D eigenvalue weighted by Crippen LogP contribution is -2.50. The van der Waals surface area contributed by atoms with Gasteiger partial charge in [-0.1, -0.05) is 5.16 Å². The van der Waals surface area contributed by atoms with Gasteiger partial charge in [-0.3, -0.25) is 4.79 Å². The zero-order valence-corrected chi connectivity index (χ0v) is 14.7. The van der Waals surface area contributed by atoms with Crippen molar-refractivity contribution < 1.29 is 18.8 Å². The summed E-state index contributed by atoms with van der Waals surface area (Å²) >= 11 is 1.54. The minimum atomic E-state index is -0.204. The Morgan fingerprint density at radius 3 is 3.20 bits per heavy atom. The largest absolute Gasteiger partial charge is 0.379 e. The fraction of sp³-hybridized carbons (Fsp3) is 0.588. The molecule has 0 spiro atoms. The number of hydrogen-bond acceptors (Lipinski definition) is 7. The van der Waals surface area contributed by atoms with E-state index in [0.717, 1.165) is 42.6 Å². The van der Waals surface area contributed by atoms with Crippen molar-refractivity contribution in [3.05, 3.63) is 33.6 Å². The molecule has 4 rings (SSSR count). The molecule has 1 aliphatic heterocycles. The number of carbonyl (C=O) groups excluding carboxylic acids is 1. The topological polar surface area (TPSA) is 86.5 Å². The van der Waals surface area contributed by atoms with Crippen LogP contribution in [-0.2, 0) is 28.9 Å². The van der Waals surface area contributed by atoms with Crippen molar-refractivity contribution >= 4 is 17.2 Å². The number of thiazole rings is 1. The number of rotatable bonds is 5. The third-order valence-electron chi connectivity index (χ3n) is 4.72. The standard InChI is InChI=1S/C17H21N3O4S/c21-17(16-12-3-1-2-4-13(12)20-24-16)19-14-5-6-22-8-15(14)23-7-11-9-25-10-18-11/h9-10,14-15H,1-8H2,(H,19,21)/t14-,15-/m1/s1. The maximum atomic E-state index is 12.7. The minimum absolute atomic E-state index is 0.107. The average molecular weight is 363 g/mol. The molecule has 0 bridgehead atoms. The van der Waals surface area contributed by atoms with Crippen molar-refractivity contribution in [1.29, 1.82) is 0 Å². The number of aryl methyl sites for hydroxylation is 1. The fourth-order valence-corrected chi connectivity index (χ4v) is 3.89. The quantitative estimate of drug-likeness (QED) is 0.876. The molecule has 0 aromatic carbocycles. The first-order chi connectivity index (χ1) is 12.3. The molecule has 1 fully saturated rings. The van der Waals surface area contributed by atoms with Crippen LogP contribution in [0.4, 0.5) is 0 Å². The molecule has 8 heteroatoms. The van der Waals surface area contributed by atoms with Gasteiger partial charge in [-0.15, -0.1) is 11.3 Å². The molecule has 0 unspecified atom stereocenters. The van der Waals surface area contributed by atoms with E-state index >= 15 is 0 Å². The zero-order chi connectivity index (χ0) is 17.1. The van der Waals surface area contributed by atoms with Crippen LogP contribution in [0.2, 0.25) is 0 Å². The van der Waals surface area contributed by atoms with Gasteiger partial charge in [0.25, 0.3) is 5.91 Å². The third kappa shape index (κ3) is 3.75. The fourth-order valence-electron chi connectivity index (χ4n) is 3.35. The van der Waals surface area contributed by atoms with Crippen LogP contribution in [0.15, 0.2) is 15.4 Å². The summed E-state index contributed by atoms with van der Waals surface area (Å²) in [6.07, 6.45) is 4.45. The lowest BCUT2D eigenvalue weighted by Gasteiger charge is -2.31. The minimum Gasteiger partial charge on any atom is -0.379 e. The predicted octanol–water partition coefficient (Wildman–Crippen LogP) is 2.11. The van der Waals surface area contributed by atoms with Crippen LogP contribution < -0.4 is 5.32 Å². The molecule has 2 atom stereocenters. The zero-order valence-electron chi connectivity index (χ0n) is 13.9. The number of nitrogens with one attached hydrogen (secondary N) is 1. The summed E-state index contributed by atoms with van der Waals surface area (Å²) in [6, 6.07) is -0.107. The molecule has 7 nitrogen and oxygen atoms in total. The number of ether oxygens (including phenoxy) is 2. The van der Waals surface area contributed by atoms with Crippen LogP contribution in [-0.4, -0.2) is 41.4 Å². The Morgan fingerprint density at radius 1 is 1.40 bits per heavy atom. The van der Waals surface area contributed by atoms with Gasteiger partial charge in [0.1, 0.15) is 6.10 Å². The molecule has 3 heterocycles. The monoisotopic (exact) mass is 363 g/mol. The molecule has 1 aliphatic carbocycles. The second kappa shape index (κ2) is 7.63. The Kier molecular flexibility index (Phi) is 5.09. The second-order valence-corrected chi connectivity index (χ2v) is 7.14. The summed E-state index contributed by atoms with van der Waals surface area (Å²) < 4.78 is 16.8. The first-order valence-electron chi connectivity index (χ1n) is 8.66. The van der Waals surface area contributed by atoms with Gasteiger partial charge in [0.15, 0.2) is 0 Å². The number of hydrogen-bond donors (Lipinski definition) is 1. The van der Waals surface area contributed by atoms with Crippen LogP contribution in [0, 0.1) is 0 Å². The lowest BCUT2D eigenvalue weighted by molar-refractivity contribution is -0.0743. The van der Waals surface area contributed by atoms with Crippen LogP contribution in [0.3, 0.4) is 0 Å². The molecule has 1 N–H and O–H groups in total. The maximum absolute atomic E-state index is 12.7. The van der Waals surface area contributed by atoms with E-state index in [-0.39, 0.29) is 18.1 Å². The van der Waals surface area contributed by atoms with E-state index in [1.165, 1.54) is 11.3 Å². The number of aromatic nitrogens is 2. The van der Waals surface area contributed by atoms with E-state index in [9.17, 15) is 4.79 Å². The van der Waals surface area contributed by atoms with E-state index in [0.29, 0.717) is 32.0 Å². The first kappa shape index (κ1) is 16.7. The van der Waals surface area contributed by atoms with Crippen LogP contribution >= 0.6 is 11.3 Å². The predicted molar refractivity (Wildman–Crippen MR) is 90.5 cm³/mol. The highest BCUT2D eigenvalue weighted by molar-refractivity contribution is 7.07. The highest BCUT2D eigenvalue weighted by Crippen LogP contribution is 2.24. The molecule has 0 radical (unpaired) electrons. The highest BCUT2D eigenvalue weighted by Gasteiger charge is 2.31. The van der Waals surface area contributed by atoms with E-state index in [1.807, 2.05) is 5.38 Å². The summed E-state index contributed by atoms with van der Waals surface area (Å²) in [4.78, 5) is 16.9. The van der Waals surface area contributed by atoms with Gasteiger partial charge in [0.2, 0.25) is 5.76 Å². The molecule has 2 aliphatic rings. The summed E-state index contributed by atoms with van der Waals surface area (Å²) in [5, 5.41) is 9.07. The van der Waals surface area contributed by atoms with E-state index < -0.39 is 0 Å². The van der Waals surface area contributed by atoms with Crippen LogP contribution in [0.1, 0.15) is 46.8 Å². The van der Waals surface area contributed by atoms with Crippen molar-refractivity contribution in [1.82, 2.24) is 15.5 Å². The van der Waals surface area contributed by atoms with Gasteiger partial charge in [-0.05, 0) is 32.1 Å². The molecule has 1 saturated heterocycles. The smallest absolute Gasteiger partial charge is 0.290 e.